The second kappa shape index (κ2) is 11.7. The summed E-state index contributed by atoms with van der Waals surface area (Å²) in [5.74, 6) is 0.119. The molecule has 0 aliphatic rings. The van der Waals surface area contributed by atoms with Crippen LogP contribution in [0, 0.1) is 6.92 Å². The summed E-state index contributed by atoms with van der Waals surface area (Å²) in [5.41, 5.74) is 2.40. The van der Waals surface area contributed by atoms with Gasteiger partial charge in [0.2, 0.25) is 5.91 Å². The number of halogens is 2. The number of anilines is 1. The van der Waals surface area contributed by atoms with Crippen molar-refractivity contribution in [3.05, 3.63) is 87.4 Å². The van der Waals surface area contributed by atoms with Crippen molar-refractivity contribution in [1.29, 1.82) is 0 Å². The van der Waals surface area contributed by atoms with Crippen molar-refractivity contribution < 1.29 is 17.9 Å². The van der Waals surface area contributed by atoms with Crippen LogP contribution in [0.15, 0.2) is 76.1 Å². The summed E-state index contributed by atoms with van der Waals surface area (Å²) >= 11 is 9.52. The van der Waals surface area contributed by atoms with Crippen LogP contribution in [-0.4, -0.2) is 34.5 Å². The number of benzene rings is 3. The quantitative estimate of drug-likeness (QED) is 0.336. The maximum atomic E-state index is 13.5. The van der Waals surface area contributed by atoms with Crippen molar-refractivity contribution in [2.24, 2.45) is 0 Å². The third-order valence-corrected chi connectivity index (χ3v) is 7.98. The molecule has 0 heterocycles. The minimum Gasteiger partial charge on any atom is -0.496 e. The fraction of sp³-hybridized carbons (Fsp3) is 0.240. The summed E-state index contributed by atoms with van der Waals surface area (Å²) in [5, 5.41) is 3.51. The highest BCUT2D eigenvalue weighted by Gasteiger charge is 2.28. The first-order chi connectivity index (χ1) is 16.2. The first-order valence-electron chi connectivity index (χ1n) is 10.7. The summed E-state index contributed by atoms with van der Waals surface area (Å²) in [6.45, 7) is 1.97. The number of sulfonamides is 1. The molecule has 0 radical (unpaired) electrons. The number of nitrogens with zero attached hydrogens (tertiary/aromatic N) is 1. The zero-order valence-corrected chi connectivity index (χ0v) is 22.1. The van der Waals surface area contributed by atoms with Crippen LogP contribution in [0.1, 0.15) is 17.5 Å². The third kappa shape index (κ3) is 6.52. The highest BCUT2D eigenvalue weighted by atomic mass is 79.9. The van der Waals surface area contributed by atoms with Crippen molar-refractivity contribution in [1.82, 2.24) is 5.32 Å². The van der Waals surface area contributed by atoms with Crippen LogP contribution in [0.4, 0.5) is 5.69 Å². The molecule has 0 aliphatic heterocycles. The molecule has 6 nitrogen and oxygen atoms in total. The van der Waals surface area contributed by atoms with Gasteiger partial charge in [-0.1, -0.05) is 47.5 Å². The number of methoxy groups -OCH3 is 1. The summed E-state index contributed by atoms with van der Waals surface area (Å²) < 4.78 is 33.9. The van der Waals surface area contributed by atoms with Crippen LogP contribution in [0.3, 0.4) is 0 Å². The maximum absolute atomic E-state index is 13.5. The van der Waals surface area contributed by atoms with Crippen molar-refractivity contribution in [2.45, 2.75) is 24.7 Å². The maximum Gasteiger partial charge on any atom is 0.264 e. The molecule has 0 saturated carbocycles. The third-order valence-electron chi connectivity index (χ3n) is 5.22. The average molecular weight is 566 g/mol. The molecule has 34 heavy (non-hydrogen) atoms. The Morgan fingerprint density at radius 1 is 1.09 bits per heavy atom. The van der Waals surface area contributed by atoms with Gasteiger partial charge in [0.15, 0.2) is 0 Å². The Morgan fingerprint density at radius 3 is 2.44 bits per heavy atom. The average Bonchev–Trinajstić information content (AvgIpc) is 2.82. The second-order valence-corrected chi connectivity index (χ2v) is 10.8. The Morgan fingerprint density at radius 2 is 1.79 bits per heavy atom. The molecule has 0 atom stereocenters. The van der Waals surface area contributed by atoms with Crippen LogP contribution in [0.2, 0.25) is 5.02 Å². The van der Waals surface area contributed by atoms with Crippen molar-refractivity contribution in [3.8, 4) is 5.75 Å². The molecule has 3 rings (SSSR count). The van der Waals surface area contributed by atoms with Gasteiger partial charge in [-0.25, -0.2) is 8.42 Å². The van der Waals surface area contributed by atoms with E-state index in [2.05, 4.69) is 21.2 Å². The lowest BCUT2D eigenvalue weighted by Crippen LogP contribution is -2.41. The molecule has 0 aromatic heterocycles. The fourth-order valence-corrected chi connectivity index (χ4v) is 5.73. The molecule has 9 heteroatoms. The number of hydrogen-bond acceptors (Lipinski definition) is 4. The van der Waals surface area contributed by atoms with E-state index in [-0.39, 0.29) is 11.4 Å². The van der Waals surface area contributed by atoms with Crippen LogP contribution in [-0.2, 0) is 21.2 Å². The summed E-state index contributed by atoms with van der Waals surface area (Å²) in [6, 6.07) is 19.1. The molecule has 1 N–H and O–H groups in total. The Labute approximate surface area is 214 Å². The smallest absolute Gasteiger partial charge is 0.264 e. The zero-order valence-electron chi connectivity index (χ0n) is 18.9. The van der Waals surface area contributed by atoms with E-state index in [1.165, 1.54) is 19.2 Å². The van der Waals surface area contributed by atoms with E-state index in [9.17, 15) is 13.2 Å². The number of carbonyl (C=O) groups is 1. The first-order valence-corrected chi connectivity index (χ1v) is 13.3. The topological polar surface area (TPSA) is 75.7 Å². The van der Waals surface area contributed by atoms with Gasteiger partial charge in [-0.2, -0.15) is 0 Å². The number of amides is 1. The van der Waals surface area contributed by atoms with E-state index in [0.29, 0.717) is 40.3 Å². The molecular formula is C25H26BrClN2O4S. The fourth-order valence-electron chi connectivity index (χ4n) is 3.35. The van der Waals surface area contributed by atoms with Crippen LogP contribution < -0.4 is 14.4 Å². The molecule has 180 valence electrons. The van der Waals surface area contributed by atoms with E-state index >= 15 is 0 Å². The zero-order chi connectivity index (χ0) is 24.7. The SMILES string of the molecule is COc1ccc(S(=O)(=O)N(CC(=O)NCCCc2ccccc2Cl)c2ccc(C)cc2)cc1Br. The number of aryl methyl sites for hydroxylation is 2. The summed E-state index contributed by atoms with van der Waals surface area (Å²) in [4.78, 5) is 12.8. The predicted molar refractivity (Wildman–Crippen MR) is 139 cm³/mol. The number of hydrogen-bond donors (Lipinski definition) is 1. The van der Waals surface area contributed by atoms with Gasteiger partial charge in [0, 0.05) is 11.6 Å². The molecule has 3 aromatic rings. The van der Waals surface area contributed by atoms with Crippen molar-refractivity contribution in [3.63, 3.8) is 0 Å². The number of nitrogens with one attached hydrogen (secondary N) is 1. The van der Waals surface area contributed by atoms with Gasteiger partial charge in [-0.15, -0.1) is 0 Å². The van der Waals surface area contributed by atoms with Gasteiger partial charge in [-0.05, 0) is 77.7 Å². The molecular weight excluding hydrogens is 540 g/mol. The van der Waals surface area contributed by atoms with E-state index in [1.54, 1.807) is 18.2 Å². The molecule has 0 fully saturated rings. The lowest BCUT2D eigenvalue weighted by Gasteiger charge is -2.24. The Bertz CT molecular complexity index is 1250. The summed E-state index contributed by atoms with van der Waals surface area (Å²) in [7, 11) is -2.52. The van der Waals surface area contributed by atoms with Gasteiger partial charge in [0.1, 0.15) is 12.3 Å². The largest absolute Gasteiger partial charge is 0.496 e. The Kier molecular flexibility index (Phi) is 8.99. The van der Waals surface area contributed by atoms with Crippen molar-refractivity contribution in [2.75, 3.05) is 24.5 Å². The minimum atomic E-state index is -4.02. The molecule has 0 saturated heterocycles. The van der Waals surface area contributed by atoms with E-state index in [4.69, 9.17) is 16.3 Å². The van der Waals surface area contributed by atoms with E-state index in [0.717, 1.165) is 15.4 Å². The normalized spacial score (nSPS) is 11.2. The lowest BCUT2D eigenvalue weighted by atomic mass is 10.1. The van der Waals surface area contributed by atoms with Crippen LogP contribution in [0.25, 0.3) is 0 Å². The van der Waals surface area contributed by atoms with E-state index < -0.39 is 15.9 Å². The van der Waals surface area contributed by atoms with Gasteiger partial charge in [0.05, 0.1) is 22.2 Å². The molecule has 0 unspecified atom stereocenters. The van der Waals surface area contributed by atoms with Gasteiger partial charge in [-0.3, -0.25) is 9.10 Å². The van der Waals surface area contributed by atoms with Gasteiger partial charge >= 0.3 is 0 Å². The highest BCUT2D eigenvalue weighted by Crippen LogP contribution is 2.30. The number of carbonyl (C=O) groups excluding carboxylic acids is 1. The first kappa shape index (κ1) is 26.1. The molecule has 1 amide bonds. The summed E-state index contributed by atoms with van der Waals surface area (Å²) in [6.07, 6.45) is 1.39. The number of rotatable bonds is 10. The minimum absolute atomic E-state index is 0.0484. The second-order valence-electron chi connectivity index (χ2n) is 7.69. The monoisotopic (exact) mass is 564 g/mol. The Hall–Kier alpha value is -2.55. The van der Waals surface area contributed by atoms with E-state index in [1.807, 2.05) is 43.3 Å². The van der Waals surface area contributed by atoms with Gasteiger partial charge in [0.25, 0.3) is 10.0 Å². The van der Waals surface area contributed by atoms with Crippen LogP contribution in [0.5, 0.6) is 5.75 Å². The lowest BCUT2D eigenvalue weighted by molar-refractivity contribution is -0.119. The van der Waals surface area contributed by atoms with Crippen LogP contribution >= 0.6 is 27.5 Å². The molecule has 0 aliphatic carbocycles. The molecule has 0 bridgehead atoms. The van der Waals surface area contributed by atoms with Gasteiger partial charge < -0.3 is 10.1 Å². The highest BCUT2D eigenvalue weighted by molar-refractivity contribution is 9.10. The predicted octanol–water partition coefficient (Wildman–Crippen LogP) is 5.36. The molecule has 0 spiro atoms. The van der Waals surface area contributed by atoms with Crippen molar-refractivity contribution >= 4 is 49.1 Å². The Balaban J connectivity index is 1.75. The molecule has 3 aromatic carbocycles. The standard InChI is InChI=1S/C25H26BrClN2O4S/c1-18-9-11-20(12-10-18)29(34(31,32)21-13-14-24(33-2)22(26)16-21)17-25(30)28-15-5-7-19-6-3-4-8-23(19)27/h3-4,6,8-14,16H,5,7,15,17H2,1-2H3,(H,28,30). The number of ether oxygens (including phenoxy) is 1.